The molecule has 1 N–H and O–H groups in total. The first-order valence-electron chi connectivity index (χ1n) is 9.51. The number of hydrogen-bond donors (Lipinski definition) is 1. The second kappa shape index (κ2) is 6.87. The molecule has 3 atom stereocenters. The third-order valence-electron chi connectivity index (χ3n) is 5.54. The largest absolute Gasteiger partial charge is 0.462 e. The molecule has 2 rings (SSSR count). The van der Waals surface area contributed by atoms with Gasteiger partial charge in [0.2, 0.25) is 0 Å². The SMILES string of the molecule is [2H]N1C(C)(C)C(C)CC[C@]1(C)[C@H](C(=O)OC(C)C)c1ccccc1C.[HH].[HH].[HH].[HH].[HH].[HH].[HH].[HH].[HH].[HH].[HH].[HH].[HH].[HH].[HH].[HH].[HH].[HH].[HH].[HH].[HH].[HH].[HH].[HH].[HH].[HH].[HH].[HH].[HH].[HH].[HH].[HH].[HH].[HH].[HH].[HH].[HH].[HH].[HH].[HH].[HH].[HH].[HH].[HH].[HH].[HH].[HH].[HH].[HH].[HH].[HH].[HH]. The van der Waals surface area contributed by atoms with E-state index in [9.17, 15) is 4.79 Å². The van der Waals surface area contributed by atoms with Gasteiger partial charge in [0.05, 0.1) is 12.0 Å². The normalized spacial score (nSPS) is 29.2. The lowest BCUT2D eigenvalue weighted by molar-refractivity contribution is -0.152. The lowest BCUT2D eigenvalue weighted by Gasteiger charge is -2.51. The molecule has 0 saturated carbocycles. The van der Waals surface area contributed by atoms with Crippen molar-refractivity contribution < 1.29 is 85.1 Å². The van der Waals surface area contributed by atoms with Gasteiger partial charge in [-0.15, -0.1) is 0 Å². The van der Waals surface area contributed by atoms with E-state index in [1.165, 1.54) is 0 Å². The van der Waals surface area contributed by atoms with Crippen molar-refractivity contribution in [2.75, 3.05) is 0 Å². The van der Waals surface area contributed by atoms with Crippen molar-refractivity contribution in [2.24, 2.45) is 5.92 Å². The minimum absolute atomic E-state index is 0. The molecule has 0 amide bonds. The fraction of sp³-hybridized carbons (Fsp3) is 0.667. The van der Waals surface area contributed by atoms with Crippen LogP contribution in [0, 0.1) is 12.8 Å². The summed E-state index contributed by atoms with van der Waals surface area (Å²) in [6.07, 6.45) is 1.63. The molecule has 3 heteroatoms. The molecule has 24 heavy (non-hydrogen) atoms. The molecule has 1 fully saturated rings. The van der Waals surface area contributed by atoms with Gasteiger partial charge in [-0.1, -0.05) is 31.2 Å². The van der Waals surface area contributed by atoms with Gasteiger partial charge in [-0.3, -0.25) is 4.79 Å². The molecule has 238 valence electrons. The lowest BCUT2D eigenvalue weighted by atomic mass is 9.68. The zero-order chi connectivity index (χ0) is 19.0. The minimum Gasteiger partial charge on any atom is -0.462 e. The minimum atomic E-state index is -0.603. The number of rotatable bonds is 4. The number of aryl methyl sites for hydroxylation is 1. The molecule has 0 bridgehead atoms. The molecule has 1 heterocycles. The zero-order valence-corrected chi connectivity index (χ0v) is 16.2. The highest BCUT2D eigenvalue weighted by molar-refractivity contribution is 5.81. The Morgan fingerprint density at radius 1 is 1.38 bits per heavy atom. The fourth-order valence-electron chi connectivity index (χ4n) is 3.82. The first-order valence-corrected chi connectivity index (χ1v) is 9.07. The van der Waals surface area contributed by atoms with Gasteiger partial charge in [0, 0.05) is 85.3 Å². The van der Waals surface area contributed by atoms with Crippen molar-refractivity contribution in [3.8, 4) is 0 Å². The smallest absolute Gasteiger partial charge is 0.315 e. The van der Waals surface area contributed by atoms with Crippen LogP contribution < -0.4 is 5.31 Å². The van der Waals surface area contributed by atoms with Crippen LogP contribution >= 0.6 is 0 Å². The Morgan fingerprint density at radius 2 is 2.00 bits per heavy atom. The Labute approximate surface area is 225 Å². The zero-order valence-electron chi connectivity index (χ0n) is 17.2. The molecule has 1 aliphatic rings. The van der Waals surface area contributed by atoms with Crippen LogP contribution in [0.4, 0.5) is 0 Å². The highest BCUT2D eigenvalue weighted by Gasteiger charge is 2.48. The van der Waals surface area contributed by atoms with E-state index in [0.29, 0.717) is 5.92 Å². The molecule has 3 nitrogen and oxygen atoms in total. The molecule has 1 unspecified atom stereocenters. The Hall–Kier alpha value is -1.35. The van der Waals surface area contributed by atoms with Crippen molar-refractivity contribution in [1.82, 2.24) is 5.31 Å². The van der Waals surface area contributed by atoms with Crippen LogP contribution in [0.2, 0.25) is 1.41 Å². The molecule has 1 aliphatic heterocycles. The van der Waals surface area contributed by atoms with Crippen LogP contribution in [0.25, 0.3) is 0 Å². The third kappa shape index (κ3) is 3.83. The summed E-state index contributed by atoms with van der Waals surface area (Å²) in [5.41, 5.74) is 1.14. The predicted octanol–water partition coefficient (Wildman–Crippen LogP) is 17.4. The summed E-state index contributed by atoms with van der Waals surface area (Å²) in [5, 5.41) is 1.67. The van der Waals surface area contributed by atoms with Gasteiger partial charge < -0.3 is 10.0 Å². The van der Waals surface area contributed by atoms with Crippen LogP contribution in [0.3, 0.4) is 0 Å². The Balaban J connectivity index is -0.00000000265. The van der Waals surface area contributed by atoms with E-state index in [4.69, 9.17) is 6.15 Å². The van der Waals surface area contributed by atoms with E-state index in [2.05, 4.69) is 20.8 Å². The fourth-order valence-corrected chi connectivity index (χ4v) is 3.82. The monoisotopic (exact) mass is 437 g/mol. The summed E-state index contributed by atoms with van der Waals surface area (Å²) in [7, 11) is 0. The van der Waals surface area contributed by atoms with Crippen molar-refractivity contribution in [1.29, 1.82) is 0 Å². The van der Waals surface area contributed by atoms with E-state index < -0.39 is 11.5 Å². The Bertz CT molecular complexity index is 691. The standard InChI is InChI=1S/C21H33NO2.52H2/c1-14(2)24-19(23)18(17-11-9-8-10-15(17)3)21(7)13-12-16(4)20(5,6)22-21;;;;;;;;;;;;;;;;;;;;;;;;;;;;;;;;;;;;;;;;;;;;;;;;;;;;/h8-11,14,16,18,22H,12-13H2,1-7H3;52*1H/t16?,18-,21+;;;;;;;;;;;;;;;;;;;;;;;;;;;;;;;;;;;;;;;;;;;;;;;;;;;;/m0..................................................../s1/i/hD. The van der Waals surface area contributed by atoms with Crippen LogP contribution in [-0.2, 0) is 9.53 Å². The first-order chi connectivity index (χ1) is 11.5. The van der Waals surface area contributed by atoms with E-state index in [1.54, 1.807) is 5.31 Å². The van der Waals surface area contributed by atoms with E-state index >= 15 is 0 Å². The van der Waals surface area contributed by atoms with Gasteiger partial charge in [-0.2, -0.15) is 0 Å². The number of carbonyl (C=O) groups excluding carboxylic acids is 1. The maximum absolute atomic E-state index is 13.1. The number of esters is 1. The van der Waals surface area contributed by atoms with Crippen LogP contribution in [0.5, 0.6) is 0 Å². The van der Waals surface area contributed by atoms with Crippen molar-refractivity contribution in [3.63, 3.8) is 0 Å². The number of ether oxygens (including phenoxy) is 1. The van der Waals surface area contributed by atoms with Gasteiger partial charge in [-0.25, -0.2) is 0 Å². The number of benzene rings is 1. The second-order valence-corrected chi connectivity index (χ2v) is 8.34. The number of nitrogens with one attached hydrogen (secondary N) is 1. The summed E-state index contributed by atoms with van der Waals surface area (Å²) in [4.78, 5) is 13.1. The molecular formula is C21H137NO2. The highest BCUT2D eigenvalue weighted by atomic mass is 16.5. The maximum atomic E-state index is 13.1. The number of carbonyl (C=O) groups is 1. The van der Waals surface area contributed by atoms with Gasteiger partial charge in [-0.05, 0) is 71.4 Å². The third-order valence-corrected chi connectivity index (χ3v) is 5.54. The van der Waals surface area contributed by atoms with Crippen molar-refractivity contribution >= 4 is 5.97 Å². The molecule has 1 aromatic carbocycles. The second-order valence-electron chi connectivity index (χ2n) is 8.34. The molecule has 0 aromatic heterocycles. The molecule has 1 saturated heterocycles. The van der Waals surface area contributed by atoms with Crippen LogP contribution in [0.15, 0.2) is 24.3 Å². The van der Waals surface area contributed by atoms with Crippen molar-refractivity contribution in [2.45, 2.75) is 84.4 Å². The molecule has 0 spiro atoms. The van der Waals surface area contributed by atoms with Gasteiger partial charge >= 0.3 is 5.97 Å². The summed E-state index contributed by atoms with van der Waals surface area (Å²) in [6, 6.07) is 7.98. The molecule has 1 aromatic rings. The van der Waals surface area contributed by atoms with E-state index in [1.807, 2.05) is 52.0 Å². The Kier molecular flexibility index (Phi) is 5.00. The van der Waals surface area contributed by atoms with Gasteiger partial charge in [0.25, 0.3) is 0 Å². The van der Waals surface area contributed by atoms with Gasteiger partial charge in [0.15, 0.2) is 0 Å². The predicted molar refractivity (Wildman–Crippen MR) is 209 cm³/mol. The van der Waals surface area contributed by atoms with Gasteiger partial charge in [0.1, 0.15) is 1.41 Å². The van der Waals surface area contributed by atoms with E-state index in [-0.39, 0.29) is 91.8 Å². The van der Waals surface area contributed by atoms with Crippen molar-refractivity contribution in [3.05, 3.63) is 35.4 Å². The quantitative estimate of drug-likeness (QED) is 0.476. The molecule has 0 aliphatic carbocycles. The number of piperidine rings is 1. The molecule has 0 radical (unpaired) electrons. The topological polar surface area (TPSA) is 38.3 Å². The number of hydrogen-bond acceptors (Lipinski definition) is 3. The van der Waals surface area contributed by atoms with Crippen LogP contribution in [0.1, 0.15) is 146 Å². The molecular weight excluding hydrogens is 298 g/mol. The summed E-state index contributed by atoms with van der Waals surface area (Å²) < 4.78 is 14.5. The first kappa shape index (κ1) is 17.5. The average molecular weight is 437 g/mol. The Morgan fingerprint density at radius 3 is 2.58 bits per heavy atom. The van der Waals surface area contributed by atoms with E-state index in [0.717, 1.165) is 24.0 Å². The summed E-state index contributed by atoms with van der Waals surface area (Å²) in [5.74, 6) is -0.300. The highest BCUT2D eigenvalue weighted by Crippen LogP contribution is 2.42. The summed E-state index contributed by atoms with van der Waals surface area (Å²) in [6.45, 7) is 14.2. The maximum Gasteiger partial charge on any atom is 0.315 e. The average Bonchev–Trinajstić information content (AvgIpc) is 2.51. The van der Waals surface area contributed by atoms with Crippen LogP contribution in [-0.4, -0.2) is 23.2 Å². The summed E-state index contributed by atoms with van der Waals surface area (Å²) >= 11 is 0. The lowest BCUT2D eigenvalue weighted by Crippen LogP contribution is -2.64.